The zero-order chi connectivity index (χ0) is 21.3. The minimum absolute atomic E-state index is 0.417. The normalized spacial score (nSPS) is 19.5. The van der Waals surface area contributed by atoms with Gasteiger partial charge in [-0.2, -0.15) is 5.10 Å². The molecule has 7 heteroatoms. The highest BCUT2D eigenvalue weighted by atomic mass is 16.5. The van der Waals surface area contributed by atoms with Crippen molar-refractivity contribution in [3.05, 3.63) is 52.8 Å². The molecule has 0 aliphatic carbocycles. The zero-order valence-corrected chi connectivity index (χ0v) is 17.8. The van der Waals surface area contributed by atoms with Crippen molar-refractivity contribution in [1.82, 2.24) is 14.9 Å². The number of aromatic nitrogens is 1. The largest absolute Gasteiger partial charge is 0.497 e. The van der Waals surface area contributed by atoms with E-state index in [1.807, 2.05) is 19.9 Å². The van der Waals surface area contributed by atoms with Crippen LogP contribution in [-0.4, -0.2) is 34.8 Å². The third kappa shape index (κ3) is 3.77. The van der Waals surface area contributed by atoms with Gasteiger partial charge in [-0.15, -0.1) is 5.01 Å². The molecule has 1 aromatic heterocycles. The topological polar surface area (TPSA) is 75.9 Å². The Hall–Kier alpha value is -3.09. The molecule has 1 aliphatic heterocycles. The first kappa shape index (κ1) is 20.6. The number of hydrogen-bond acceptors (Lipinski definition) is 4. The van der Waals surface area contributed by atoms with Gasteiger partial charge in [0.2, 0.25) is 0 Å². The summed E-state index contributed by atoms with van der Waals surface area (Å²) in [5.74, 6) is 0.779. The van der Waals surface area contributed by atoms with Crippen molar-refractivity contribution in [2.24, 2.45) is 11.0 Å². The number of amides is 3. The lowest BCUT2D eigenvalue weighted by Crippen LogP contribution is -2.40. The van der Waals surface area contributed by atoms with Gasteiger partial charge in [0, 0.05) is 23.5 Å². The highest BCUT2D eigenvalue weighted by Gasteiger charge is 2.49. The van der Waals surface area contributed by atoms with E-state index in [2.05, 4.69) is 28.8 Å². The van der Waals surface area contributed by atoms with Gasteiger partial charge in [-0.25, -0.2) is 4.79 Å². The Balaban J connectivity index is 1.85. The van der Waals surface area contributed by atoms with Gasteiger partial charge in [-0.05, 0) is 50.5 Å². The van der Waals surface area contributed by atoms with Gasteiger partial charge >= 0.3 is 6.03 Å². The maximum absolute atomic E-state index is 13.0. The number of ether oxygens (including phenoxy) is 1. The molecule has 154 valence electrons. The number of benzene rings is 1. The monoisotopic (exact) mass is 396 g/mol. The number of nitrogens with zero attached hydrogens (tertiary/aromatic N) is 3. The molecule has 1 saturated heterocycles. The standard InChI is InChI=1S/C22H28N4O3/c1-14(2)13-25-15(3)11-17(16(25)4)12-23-26-20(27)22(5,24-21(26)28)18-7-9-19(29-6)10-8-18/h7-12,14H,13H2,1-6H3,(H,24,28)/b23-12-/t22-/m0/s1. The van der Waals surface area contributed by atoms with Crippen LogP contribution < -0.4 is 10.1 Å². The van der Waals surface area contributed by atoms with Crippen LogP contribution in [0.4, 0.5) is 4.79 Å². The molecule has 1 aromatic carbocycles. The summed E-state index contributed by atoms with van der Waals surface area (Å²) in [6.07, 6.45) is 1.58. The molecule has 2 aromatic rings. The lowest BCUT2D eigenvalue weighted by molar-refractivity contribution is -0.131. The number of hydrazone groups is 1. The van der Waals surface area contributed by atoms with Crippen molar-refractivity contribution < 1.29 is 14.3 Å². The minimum Gasteiger partial charge on any atom is -0.497 e. The number of imide groups is 1. The van der Waals surface area contributed by atoms with Crippen LogP contribution in [0.5, 0.6) is 5.75 Å². The molecule has 0 unspecified atom stereocenters. The average Bonchev–Trinajstić information content (AvgIpc) is 3.07. The second kappa shape index (κ2) is 7.73. The Morgan fingerprint density at radius 2 is 1.86 bits per heavy atom. The Bertz CT molecular complexity index is 959. The number of hydrogen-bond donors (Lipinski definition) is 1. The summed E-state index contributed by atoms with van der Waals surface area (Å²) in [5.41, 5.74) is 2.57. The van der Waals surface area contributed by atoms with E-state index in [0.717, 1.165) is 28.5 Å². The number of urea groups is 1. The average molecular weight is 396 g/mol. The van der Waals surface area contributed by atoms with Crippen molar-refractivity contribution in [1.29, 1.82) is 0 Å². The van der Waals surface area contributed by atoms with Gasteiger partial charge in [0.05, 0.1) is 13.3 Å². The van der Waals surface area contributed by atoms with E-state index in [-0.39, 0.29) is 0 Å². The number of methoxy groups -OCH3 is 1. The van der Waals surface area contributed by atoms with E-state index in [4.69, 9.17) is 4.74 Å². The Labute approximate surface area is 171 Å². The summed E-state index contributed by atoms with van der Waals surface area (Å²) in [6.45, 7) is 11.0. The van der Waals surface area contributed by atoms with E-state index >= 15 is 0 Å². The molecular weight excluding hydrogens is 368 g/mol. The SMILES string of the molecule is COc1ccc([C@]2(C)NC(=O)N(/N=C\c3cc(C)n(CC(C)C)c3C)C2=O)cc1. The van der Waals surface area contributed by atoms with Crippen molar-refractivity contribution in [2.45, 2.75) is 46.7 Å². The predicted molar refractivity (Wildman–Crippen MR) is 112 cm³/mol. The zero-order valence-electron chi connectivity index (χ0n) is 17.8. The van der Waals surface area contributed by atoms with Crippen LogP contribution in [0.15, 0.2) is 35.4 Å². The highest BCUT2D eigenvalue weighted by molar-refractivity contribution is 6.07. The third-order valence-corrected chi connectivity index (χ3v) is 5.31. The summed E-state index contributed by atoms with van der Waals surface area (Å²) in [4.78, 5) is 25.5. The van der Waals surface area contributed by atoms with Crippen LogP contribution in [-0.2, 0) is 16.9 Å². The van der Waals surface area contributed by atoms with Crippen molar-refractivity contribution in [2.75, 3.05) is 7.11 Å². The molecule has 1 atom stereocenters. The first-order valence-corrected chi connectivity index (χ1v) is 9.69. The van der Waals surface area contributed by atoms with Crippen LogP contribution in [0, 0.1) is 19.8 Å². The summed E-state index contributed by atoms with van der Waals surface area (Å²) in [6, 6.07) is 8.53. The lowest BCUT2D eigenvalue weighted by Gasteiger charge is -2.21. The minimum atomic E-state index is -1.17. The highest BCUT2D eigenvalue weighted by Crippen LogP contribution is 2.30. The fourth-order valence-corrected chi connectivity index (χ4v) is 3.57. The smallest absolute Gasteiger partial charge is 0.346 e. The van der Waals surface area contributed by atoms with Crippen molar-refractivity contribution >= 4 is 18.2 Å². The van der Waals surface area contributed by atoms with Gasteiger partial charge < -0.3 is 14.6 Å². The summed E-state index contributed by atoms with van der Waals surface area (Å²) < 4.78 is 7.38. The van der Waals surface area contributed by atoms with E-state index in [9.17, 15) is 9.59 Å². The Morgan fingerprint density at radius 1 is 1.21 bits per heavy atom. The van der Waals surface area contributed by atoms with Gasteiger partial charge in [0.25, 0.3) is 5.91 Å². The summed E-state index contributed by atoms with van der Waals surface area (Å²) in [5, 5.41) is 7.87. The molecule has 7 nitrogen and oxygen atoms in total. The van der Waals surface area contributed by atoms with Gasteiger partial charge in [-0.3, -0.25) is 4.79 Å². The molecule has 3 rings (SSSR count). The van der Waals surface area contributed by atoms with Crippen LogP contribution in [0.2, 0.25) is 0 Å². The molecule has 0 spiro atoms. The predicted octanol–water partition coefficient (Wildman–Crippen LogP) is 3.57. The molecular formula is C22H28N4O3. The molecule has 1 N–H and O–H groups in total. The first-order valence-electron chi connectivity index (χ1n) is 9.69. The molecule has 3 amide bonds. The lowest BCUT2D eigenvalue weighted by atomic mass is 9.92. The third-order valence-electron chi connectivity index (χ3n) is 5.31. The van der Waals surface area contributed by atoms with E-state index in [1.54, 1.807) is 44.5 Å². The van der Waals surface area contributed by atoms with Gasteiger partial charge in [0.1, 0.15) is 11.3 Å². The van der Waals surface area contributed by atoms with Gasteiger partial charge in [-0.1, -0.05) is 26.0 Å². The molecule has 0 saturated carbocycles. The number of rotatable bonds is 6. The summed E-state index contributed by atoms with van der Waals surface area (Å²) >= 11 is 0. The Morgan fingerprint density at radius 3 is 2.45 bits per heavy atom. The second-order valence-corrected chi connectivity index (χ2v) is 7.98. The molecule has 1 fully saturated rings. The number of carbonyl (C=O) groups is 2. The van der Waals surface area contributed by atoms with Gasteiger partial charge in [0.15, 0.2) is 0 Å². The fraction of sp³-hybridized carbons (Fsp3) is 0.409. The molecule has 29 heavy (non-hydrogen) atoms. The number of nitrogens with one attached hydrogen (secondary N) is 1. The van der Waals surface area contributed by atoms with Crippen molar-refractivity contribution in [3.63, 3.8) is 0 Å². The molecule has 0 bridgehead atoms. The first-order chi connectivity index (χ1) is 13.7. The second-order valence-electron chi connectivity index (χ2n) is 7.98. The van der Waals surface area contributed by atoms with Crippen molar-refractivity contribution in [3.8, 4) is 5.75 Å². The maximum atomic E-state index is 13.0. The number of aryl methyl sites for hydroxylation is 1. The Kier molecular flexibility index (Phi) is 5.50. The van der Waals surface area contributed by atoms with Crippen LogP contribution >= 0.6 is 0 Å². The van der Waals surface area contributed by atoms with E-state index in [1.165, 1.54) is 0 Å². The maximum Gasteiger partial charge on any atom is 0.346 e. The molecule has 2 heterocycles. The van der Waals surface area contributed by atoms with E-state index in [0.29, 0.717) is 17.2 Å². The quantitative estimate of drug-likeness (QED) is 0.599. The molecule has 0 radical (unpaired) electrons. The van der Waals surface area contributed by atoms with Crippen LogP contribution in [0.25, 0.3) is 0 Å². The molecule has 1 aliphatic rings. The van der Waals surface area contributed by atoms with Crippen LogP contribution in [0.1, 0.15) is 43.3 Å². The summed E-state index contributed by atoms with van der Waals surface area (Å²) in [7, 11) is 1.58. The number of carbonyl (C=O) groups excluding carboxylic acids is 2. The van der Waals surface area contributed by atoms with Crippen LogP contribution in [0.3, 0.4) is 0 Å². The van der Waals surface area contributed by atoms with E-state index < -0.39 is 17.5 Å². The fourth-order valence-electron chi connectivity index (χ4n) is 3.57.